The quantitative estimate of drug-likeness (QED) is 0.564. The van der Waals surface area contributed by atoms with E-state index < -0.39 is 6.10 Å². The van der Waals surface area contributed by atoms with Crippen LogP contribution in [0.5, 0.6) is 0 Å². The predicted octanol–water partition coefficient (Wildman–Crippen LogP) is 1.31. The molecule has 1 saturated heterocycles. The van der Waals surface area contributed by atoms with E-state index in [2.05, 4.69) is 0 Å². The first-order chi connectivity index (χ1) is 6.11. The third-order valence-electron chi connectivity index (χ3n) is 1.72. The van der Waals surface area contributed by atoms with Crippen molar-refractivity contribution in [3.05, 3.63) is 0 Å². The largest absolute Gasteiger partial charge is 0.458 e. The van der Waals surface area contributed by atoms with E-state index in [0.717, 1.165) is 0 Å². The van der Waals surface area contributed by atoms with Crippen LogP contribution in [-0.4, -0.2) is 34.8 Å². The molecule has 1 aliphatic heterocycles. The molecule has 1 heterocycles. The highest BCUT2D eigenvalue weighted by atomic mass is 33.1. The average molecular weight is 222 g/mol. The molecule has 0 aromatic heterocycles. The van der Waals surface area contributed by atoms with Crippen molar-refractivity contribution in [2.45, 2.75) is 26.1 Å². The van der Waals surface area contributed by atoms with E-state index in [-0.39, 0.29) is 18.0 Å². The lowest BCUT2D eigenvalue weighted by atomic mass is 10.2. The summed E-state index contributed by atoms with van der Waals surface area (Å²) in [7, 11) is 3.26. The first-order valence-corrected chi connectivity index (χ1v) is 6.73. The number of aliphatic hydroxyl groups is 1. The fourth-order valence-corrected chi connectivity index (χ4v) is 3.22. The highest BCUT2D eigenvalue weighted by Crippen LogP contribution is 2.31. The topological polar surface area (TPSA) is 46.5 Å². The van der Waals surface area contributed by atoms with Crippen LogP contribution in [0.15, 0.2) is 0 Å². The lowest BCUT2D eigenvalue weighted by Gasteiger charge is -2.26. The Hall–Kier alpha value is 0.130. The highest BCUT2D eigenvalue weighted by molar-refractivity contribution is 8.76. The van der Waals surface area contributed by atoms with Gasteiger partial charge in [0, 0.05) is 11.5 Å². The van der Waals surface area contributed by atoms with Crippen molar-refractivity contribution in [2.24, 2.45) is 5.92 Å². The molecule has 5 heteroatoms. The molecule has 0 aromatic carbocycles. The summed E-state index contributed by atoms with van der Waals surface area (Å²) < 4.78 is 5.14. The van der Waals surface area contributed by atoms with Crippen molar-refractivity contribution in [3.63, 3.8) is 0 Å². The minimum absolute atomic E-state index is 0.119. The molecule has 76 valence electrons. The summed E-state index contributed by atoms with van der Waals surface area (Å²) in [5.41, 5.74) is 0. The number of hydrogen-bond donors (Lipinski definition) is 1. The predicted molar refractivity (Wildman–Crippen MR) is 55.6 cm³/mol. The van der Waals surface area contributed by atoms with Crippen molar-refractivity contribution in [3.8, 4) is 0 Å². The summed E-state index contributed by atoms with van der Waals surface area (Å²) in [6, 6.07) is 0. The second-order valence-electron chi connectivity index (χ2n) is 3.27. The van der Waals surface area contributed by atoms with Gasteiger partial charge in [0.1, 0.15) is 12.2 Å². The van der Waals surface area contributed by atoms with Gasteiger partial charge in [-0.15, -0.1) is 0 Å². The van der Waals surface area contributed by atoms with Gasteiger partial charge >= 0.3 is 5.97 Å². The van der Waals surface area contributed by atoms with Crippen LogP contribution in [0.25, 0.3) is 0 Å². The maximum atomic E-state index is 11.2. The zero-order valence-electron chi connectivity index (χ0n) is 7.73. The number of carbonyl (C=O) groups excluding carboxylic acids is 1. The zero-order chi connectivity index (χ0) is 9.84. The standard InChI is InChI=1S/C8H14O3S2/c1-5(2)8(10)11-7-4-13-12-3-6(7)9/h5-7,9H,3-4H2,1-2H3. The number of carbonyl (C=O) groups is 1. The smallest absolute Gasteiger partial charge is 0.308 e. The number of aliphatic hydroxyl groups excluding tert-OH is 1. The van der Waals surface area contributed by atoms with Crippen molar-refractivity contribution >= 4 is 27.6 Å². The van der Waals surface area contributed by atoms with Crippen molar-refractivity contribution in [2.75, 3.05) is 11.5 Å². The van der Waals surface area contributed by atoms with E-state index >= 15 is 0 Å². The van der Waals surface area contributed by atoms with Crippen LogP contribution in [0.3, 0.4) is 0 Å². The Balaban J connectivity index is 2.38. The minimum Gasteiger partial charge on any atom is -0.458 e. The SMILES string of the molecule is CC(C)C(=O)OC1CSSCC1O. The zero-order valence-corrected chi connectivity index (χ0v) is 9.36. The molecule has 1 N–H and O–H groups in total. The molecule has 1 rings (SSSR count). The molecule has 0 spiro atoms. The second kappa shape index (κ2) is 5.12. The molecule has 0 radical (unpaired) electrons. The maximum absolute atomic E-state index is 11.2. The molecule has 1 fully saturated rings. The molecule has 0 amide bonds. The van der Waals surface area contributed by atoms with Gasteiger partial charge in [-0.05, 0) is 0 Å². The maximum Gasteiger partial charge on any atom is 0.308 e. The summed E-state index contributed by atoms with van der Waals surface area (Å²) in [5.74, 6) is 0.980. The third-order valence-corrected chi connectivity index (χ3v) is 4.15. The molecule has 0 aromatic rings. The fourth-order valence-electron chi connectivity index (χ4n) is 0.849. The van der Waals surface area contributed by atoms with Crippen LogP contribution < -0.4 is 0 Å². The first-order valence-electron chi connectivity index (χ1n) is 4.24. The Morgan fingerprint density at radius 3 is 2.62 bits per heavy atom. The van der Waals surface area contributed by atoms with Crippen molar-refractivity contribution in [1.82, 2.24) is 0 Å². The molecule has 0 bridgehead atoms. The van der Waals surface area contributed by atoms with Crippen LogP contribution in [0.4, 0.5) is 0 Å². The minimum atomic E-state index is -0.506. The van der Waals surface area contributed by atoms with Gasteiger partial charge in [0.25, 0.3) is 0 Å². The van der Waals surface area contributed by atoms with E-state index in [9.17, 15) is 9.90 Å². The lowest BCUT2D eigenvalue weighted by molar-refractivity contribution is -0.156. The Bertz CT molecular complexity index is 184. The normalized spacial score (nSPS) is 28.9. The van der Waals surface area contributed by atoms with Crippen LogP contribution in [0.2, 0.25) is 0 Å². The Morgan fingerprint density at radius 2 is 2.08 bits per heavy atom. The molecule has 13 heavy (non-hydrogen) atoms. The monoisotopic (exact) mass is 222 g/mol. The van der Waals surface area contributed by atoms with Gasteiger partial charge in [-0.2, -0.15) is 0 Å². The summed E-state index contributed by atoms with van der Waals surface area (Å²) in [6.45, 7) is 3.58. The molecular formula is C8H14O3S2. The van der Waals surface area contributed by atoms with Crippen molar-refractivity contribution in [1.29, 1.82) is 0 Å². The van der Waals surface area contributed by atoms with Gasteiger partial charge in [-0.25, -0.2) is 0 Å². The first kappa shape index (κ1) is 11.2. The Morgan fingerprint density at radius 1 is 1.46 bits per heavy atom. The molecule has 0 saturated carbocycles. The van der Waals surface area contributed by atoms with Crippen molar-refractivity contribution < 1.29 is 14.6 Å². The van der Waals surface area contributed by atoms with Crippen LogP contribution in [-0.2, 0) is 9.53 Å². The summed E-state index contributed by atoms with van der Waals surface area (Å²) >= 11 is 0. The van der Waals surface area contributed by atoms with Crippen LogP contribution in [0.1, 0.15) is 13.8 Å². The highest BCUT2D eigenvalue weighted by Gasteiger charge is 2.28. The molecule has 1 aliphatic rings. The second-order valence-corrected chi connectivity index (χ2v) is 5.82. The van der Waals surface area contributed by atoms with E-state index in [0.29, 0.717) is 11.5 Å². The molecule has 0 aliphatic carbocycles. The van der Waals surface area contributed by atoms with Gasteiger partial charge in [0.15, 0.2) is 0 Å². The molecule has 2 atom stereocenters. The Labute approximate surface area is 86.0 Å². The number of ether oxygens (including phenoxy) is 1. The van der Waals surface area contributed by atoms with Crippen LogP contribution >= 0.6 is 21.6 Å². The summed E-state index contributed by atoms with van der Waals surface area (Å²) in [5, 5.41) is 9.49. The molecular weight excluding hydrogens is 208 g/mol. The average Bonchev–Trinajstić information content (AvgIpc) is 2.08. The Kier molecular flexibility index (Phi) is 4.41. The van der Waals surface area contributed by atoms with Crippen LogP contribution in [0, 0.1) is 5.92 Å². The van der Waals surface area contributed by atoms with E-state index in [1.54, 1.807) is 35.4 Å². The number of esters is 1. The van der Waals surface area contributed by atoms with Gasteiger partial charge in [-0.1, -0.05) is 35.4 Å². The van der Waals surface area contributed by atoms with Gasteiger partial charge in [0.05, 0.1) is 5.92 Å². The molecule has 2 unspecified atom stereocenters. The van der Waals surface area contributed by atoms with Gasteiger partial charge in [0.2, 0.25) is 0 Å². The fraction of sp³-hybridized carbons (Fsp3) is 0.875. The van der Waals surface area contributed by atoms with Gasteiger partial charge < -0.3 is 9.84 Å². The van der Waals surface area contributed by atoms with E-state index in [1.807, 2.05) is 0 Å². The summed E-state index contributed by atoms with van der Waals surface area (Å²) in [4.78, 5) is 11.2. The van der Waals surface area contributed by atoms with Gasteiger partial charge in [-0.3, -0.25) is 4.79 Å². The number of hydrogen-bond acceptors (Lipinski definition) is 5. The molecule has 3 nitrogen and oxygen atoms in total. The van der Waals surface area contributed by atoms with E-state index in [1.165, 1.54) is 0 Å². The lowest BCUT2D eigenvalue weighted by Crippen LogP contribution is -2.38. The van der Waals surface area contributed by atoms with E-state index in [4.69, 9.17) is 4.74 Å². The summed E-state index contributed by atoms with van der Waals surface area (Å²) in [6.07, 6.45) is -0.824. The third kappa shape index (κ3) is 3.40. The number of rotatable bonds is 2.